The molecule has 32 heavy (non-hydrogen) atoms. The zero-order valence-electron chi connectivity index (χ0n) is 17.6. The van der Waals surface area contributed by atoms with Crippen molar-refractivity contribution in [3.8, 4) is 23.0 Å². The maximum absolute atomic E-state index is 13.0. The highest BCUT2D eigenvalue weighted by Gasteiger charge is 2.30. The van der Waals surface area contributed by atoms with Crippen LogP contribution >= 0.6 is 11.6 Å². The van der Waals surface area contributed by atoms with Crippen molar-refractivity contribution < 1.29 is 28.5 Å². The van der Waals surface area contributed by atoms with E-state index in [1.165, 1.54) is 19.2 Å². The molecule has 3 aromatic carbocycles. The molecule has 0 saturated carbocycles. The lowest BCUT2D eigenvalue weighted by molar-refractivity contribution is 0.0734. The van der Waals surface area contributed by atoms with Crippen molar-refractivity contribution in [1.29, 1.82) is 0 Å². The van der Waals surface area contributed by atoms with Gasteiger partial charge in [-0.15, -0.1) is 0 Å². The summed E-state index contributed by atoms with van der Waals surface area (Å²) >= 11 is 5.94. The molecule has 162 valence electrons. The number of fused-ring (bicyclic) bond motifs is 1. The number of carbonyl (C=O) groups excluding carboxylic acids is 2. The second-order valence-electron chi connectivity index (χ2n) is 7.06. The van der Waals surface area contributed by atoms with Crippen LogP contribution < -0.4 is 18.9 Å². The Morgan fingerprint density at radius 2 is 1.81 bits per heavy atom. The first-order valence-corrected chi connectivity index (χ1v) is 10.1. The summed E-state index contributed by atoms with van der Waals surface area (Å²) in [5.74, 6) is 1.08. The van der Waals surface area contributed by atoms with Crippen molar-refractivity contribution in [2.75, 3.05) is 14.2 Å². The van der Waals surface area contributed by atoms with E-state index in [0.717, 1.165) is 0 Å². The van der Waals surface area contributed by atoms with E-state index in [1.54, 1.807) is 62.6 Å². The monoisotopic (exact) mass is 450 g/mol. The highest BCUT2D eigenvalue weighted by Crippen LogP contribution is 2.38. The minimum atomic E-state index is -0.560. The van der Waals surface area contributed by atoms with Crippen LogP contribution in [0.15, 0.2) is 60.4 Å². The third kappa shape index (κ3) is 4.18. The molecule has 0 saturated heterocycles. The van der Waals surface area contributed by atoms with Crippen molar-refractivity contribution in [3.63, 3.8) is 0 Å². The molecule has 0 spiro atoms. The number of methoxy groups -OCH3 is 2. The first-order valence-electron chi connectivity index (χ1n) is 9.68. The molecule has 0 aliphatic carbocycles. The minimum absolute atomic E-state index is 0.143. The van der Waals surface area contributed by atoms with E-state index in [2.05, 4.69) is 0 Å². The molecule has 4 rings (SSSR count). The van der Waals surface area contributed by atoms with Gasteiger partial charge in [-0.1, -0.05) is 17.7 Å². The molecule has 0 N–H and O–H groups in total. The molecular weight excluding hydrogens is 432 g/mol. The zero-order chi connectivity index (χ0) is 22.8. The largest absolute Gasteiger partial charge is 0.497 e. The topological polar surface area (TPSA) is 71.1 Å². The van der Waals surface area contributed by atoms with Gasteiger partial charge >= 0.3 is 5.97 Å². The van der Waals surface area contributed by atoms with Crippen LogP contribution in [0.3, 0.4) is 0 Å². The maximum atomic E-state index is 13.0. The van der Waals surface area contributed by atoms with Gasteiger partial charge in [-0.2, -0.15) is 0 Å². The van der Waals surface area contributed by atoms with Gasteiger partial charge in [-0.05, 0) is 55.0 Å². The Morgan fingerprint density at radius 1 is 1.00 bits per heavy atom. The molecule has 0 atom stereocenters. The summed E-state index contributed by atoms with van der Waals surface area (Å²) in [7, 11) is 3.10. The van der Waals surface area contributed by atoms with Crippen molar-refractivity contribution in [3.05, 3.63) is 87.6 Å². The lowest BCUT2D eigenvalue weighted by Crippen LogP contribution is -2.08. The molecule has 0 aromatic heterocycles. The summed E-state index contributed by atoms with van der Waals surface area (Å²) in [6.45, 7) is 1.76. The number of rotatable bonds is 5. The molecular formula is C25H19ClO6. The van der Waals surface area contributed by atoms with Crippen LogP contribution in [-0.2, 0) is 0 Å². The summed E-state index contributed by atoms with van der Waals surface area (Å²) < 4.78 is 21.9. The van der Waals surface area contributed by atoms with Crippen LogP contribution in [0.5, 0.6) is 23.0 Å². The molecule has 0 unspecified atom stereocenters. The summed E-state index contributed by atoms with van der Waals surface area (Å²) in [6, 6.07) is 14.9. The lowest BCUT2D eigenvalue weighted by atomic mass is 10.0. The Hall–Kier alpha value is -3.77. The van der Waals surface area contributed by atoms with Gasteiger partial charge in [0.1, 0.15) is 23.0 Å². The SMILES string of the molecule is COc1ccc(/C=C2\Oc3cc(OC(=O)c4cccc(Cl)c4)cc(C)c3C2=O)c(OC)c1. The van der Waals surface area contributed by atoms with Crippen LogP contribution in [-0.4, -0.2) is 26.0 Å². The van der Waals surface area contributed by atoms with Crippen LogP contribution in [0.2, 0.25) is 5.02 Å². The summed E-state index contributed by atoms with van der Waals surface area (Å²) in [4.78, 5) is 25.4. The molecule has 1 aliphatic heterocycles. The number of ether oxygens (including phenoxy) is 4. The minimum Gasteiger partial charge on any atom is -0.497 e. The molecule has 0 bridgehead atoms. The number of halogens is 1. The number of hydrogen-bond donors (Lipinski definition) is 0. The number of benzene rings is 3. The van der Waals surface area contributed by atoms with Crippen LogP contribution in [0.1, 0.15) is 31.8 Å². The normalized spacial score (nSPS) is 13.5. The second kappa shape index (κ2) is 8.77. The quantitative estimate of drug-likeness (QED) is 0.290. The van der Waals surface area contributed by atoms with Gasteiger partial charge in [0.05, 0.1) is 25.3 Å². The highest BCUT2D eigenvalue weighted by atomic mass is 35.5. The Bertz CT molecular complexity index is 1260. The third-order valence-corrected chi connectivity index (χ3v) is 5.18. The van der Waals surface area contributed by atoms with E-state index in [9.17, 15) is 9.59 Å². The standard InChI is InChI=1S/C25H19ClO6/c1-14-9-19(31-25(28)16-5-4-6-17(26)10-16)13-21-23(14)24(27)22(32-21)11-15-7-8-18(29-2)12-20(15)30-3/h4-13H,1-3H3/b22-11-. The number of esters is 1. The second-order valence-corrected chi connectivity index (χ2v) is 7.50. The number of ketones is 1. The van der Waals surface area contributed by atoms with E-state index in [4.69, 9.17) is 30.5 Å². The van der Waals surface area contributed by atoms with Gasteiger partial charge in [0.25, 0.3) is 0 Å². The highest BCUT2D eigenvalue weighted by molar-refractivity contribution is 6.30. The molecule has 7 heteroatoms. The van der Waals surface area contributed by atoms with Gasteiger partial charge in [0.15, 0.2) is 5.76 Å². The summed E-state index contributed by atoms with van der Waals surface area (Å²) in [5, 5.41) is 0.433. The van der Waals surface area contributed by atoms with Gasteiger partial charge < -0.3 is 18.9 Å². The van der Waals surface area contributed by atoms with Crippen LogP contribution in [0.4, 0.5) is 0 Å². The molecule has 0 amide bonds. The molecule has 0 fully saturated rings. The van der Waals surface area contributed by atoms with E-state index in [1.807, 2.05) is 0 Å². The van der Waals surface area contributed by atoms with Gasteiger partial charge in [-0.3, -0.25) is 4.79 Å². The Kier molecular flexibility index (Phi) is 5.88. The van der Waals surface area contributed by atoms with Crippen molar-refractivity contribution in [1.82, 2.24) is 0 Å². The Labute approximate surface area is 189 Å². The van der Waals surface area contributed by atoms with Crippen molar-refractivity contribution in [2.45, 2.75) is 6.92 Å². The molecule has 6 nitrogen and oxygen atoms in total. The van der Waals surface area contributed by atoms with E-state index in [-0.39, 0.29) is 17.3 Å². The summed E-state index contributed by atoms with van der Waals surface area (Å²) in [6.07, 6.45) is 1.61. The maximum Gasteiger partial charge on any atom is 0.343 e. The lowest BCUT2D eigenvalue weighted by Gasteiger charge is -2.08. The predicted molar refractivity (Wildman–Crippen MR) is 120 cm³/mol. The number of hydrogen-bond acceptors (Lipinski definition) is 6. The number of carbonyl (C=O) groups is 2. The van der Waals surface area contributed by atoms with Crippen LogP contribution in [0, 0.1) is 6.92 Å². The predicted octanol–water partition coefficient (Wildman–Crippen LogP) is 5.50. The van der Waals surface area contributed by atoms with Gasteiger partial charge in [0.2, 0.25) is 5.78 Å². The van der Waals surface area contributed by atoms with Crippen molar-refractivity contribution >= 4 is 29.4 Å². The number of aryl methyl sites for hydroxylation is 1. The Morgan fingerprint density at radius 3 is 2.53 bits per heavy atom. The number of allylic oxidation sites excluding steroid dienone is 1. The Balaban J connectivity index is 1.62. The van der Waals surface area contributed by atoms with E-state index in [0.29, 0.717) is 44.5 Å². The van der Waals surface area contributed by atoms with E-state index < -0.39 is 5.97 Å². The third-order valence-electron chi connectivity index (χ3n) is 4.94. The van der Waals surface area contributed by atoms with Gasteiger partial charge in [0, 0.05) is 22.7 Å². The zero-order valence-corrected chi connectivity index (χ0v) is 18.4. The fourth-order valence-corrected chi connectivity index (χ4v) is 3.59. The fraction of sp³-hybridized carbons (Fsp3) is 0.120. The average Bonchev–Trinajstić information content (AvgIpc) is 3.09. The van der Waals surface area contributed by atoms with Crippen molar-refractivity contribution in [2.24, 2.45) is 0 Å². The smallest absolute Gasteiger partial charge is 0.343 e. The summed E-state index contributed by atoms with van der Waals surface area (Å²) in [5.41, 5.74) is 2.03. The van der Waals surface area contributed by atoms with Crippen LogP contribution in [0.25, 0.3) is 6.08 Å². The number of Topliss-reactive ketones (excluding diaryl/α,β-unsaturated/α-hetero) is 1. The molecule has 0 radical (unpaired) electrons. The average molecular weight is 451 g/mol. The first-order chi connectivity index (χ1) is 15.4. The molecule has 3 aromatic rings. The first kappa shape index (κ1) is 21.5. The molecule has 1 heterocycles. The fourth-order valence-electron chi connectivity index (χ4n) is 3.40. The van der Waals surface area contributed by atoms with E-state index >= 15 is 0 Å². The van der Waals surface area contributed by atoms with Gasteiger partial charge in [-0.25, -0.2) is 4.79 Å². The molecule has 1 aliphatic rings.